The zero-order chi connectivity index (χ0) is 11.5. The van der Waals surface area contributed by atoms with Gasteiger partial charge in [-0.05, 0) is 46.7 Å². The minimum Gasteiger partial charge on any atom is -0.264 e. The number of rotatable bonds is 3. The molecule has 0 bridgehead atoms. The molecule has 0 fully saturated rings. The molecule has 0 saturated heterocycles. The van der Waals surface area contributed by atoms with Gasteiger partial charge >= 0.3 is 0 Å². The van der Waals surface area contributed by atoms with Crippen LogP contribution >= 0.6 is 22.6 Å². The molecule has 0 radical (unpaired) electrons. The number of hydrogen-bond acceptors (Lipinski definition) is 1. The smallest absolute Gasteiger partial charge is 0.123 e. The van der Waals surface area contributed by atoms with Crippen LogP contribution in [0.4, 0.5) is 4.39 Å². The number of nitrogens with zero attached hydrogens (tertiary/aromatic N) is 2. The van der Waals surface area contributed by atoms with Gasteiger partial charge in [0.2, 0.25) is 0 Å². The van der Waals surface area contributed by atoms with E-state index >= 15 is 0 Å². The summed E-state index contributed by atoms with van der Waals surface area (Å²) in [5.41, 5.74) is 1.09. The summed E-state index contributed by atoms with van der Waals surface area (Å²) in [5, 5.41) is 4.30. The zero-order valence-corrected chi connectivity index (χ0v) is 11.1. The van der Waals surface area contributed by atoms with Crippen molar-refractivity contribution in [1.82, 2.24) is 9.78 Å². The molecular weight excluding hydrogens is 318 g/mol. The Labute approximate surface area is 108 Å². The standard InChI is InChI=1S/C12H12FIN2/c1-2-12(16-8-11(14)7-15-16)9-3-5-10(13)6-4-9/h3-8,12H,2H2,1H3. The van der Waals surface area contributed by atoms with Gasteiger partial charge in [-0.25, -0.2) is 4.39 Å². The van der Waals surface area contributed by atoms with Crippen LogP contribution in [0, 0.1) is 9.39 Å². The van der Waals surface area contributed by atoms with Crippen molar-refractivity contribution in [2.24, 2.45) is 0 Å². The van der Waals surface area contributed by atoms with E-state index in [0.717, 1.165) is 15.6 Å². The SMILES string of the molecule is CCC(c1ccc(F)cc1)n1cc(I)cn1. The van der Waals surface area contributed by atoms with Gasteiger partial charge in [0.1, 0.15) is 5.82 Å². The van der Waals surface area contributed by atoms with E-state index in [9.17, 15) is 4.39 Å². The Morgan fingerprint density at radius 1 is 1.38 bits per heavy atom. The first-order chi connectivity index (χ1) is 7.70. The van der Waals surface area contributed by atoms with Crippen LogP contribution < -0.4 is 0 Å². The maximum absolute atomic E-state index is 12.8. The predicted octanol–water partition coefficient (Wildman–Crippen LogP) is 3.63. The fourth-order valence-electron chi connectivity index (χ4n) is 1.75. The monoisotopic (exact) mass is 330 g/mol. The van der Waals surface area contributed by atoms with Crippen molar-refractivity contribution in [3.8, 4) is 0 Å². The highest BCUT2D eigenvalue weighted by molar-refractivity contribution is 14.1. The Kier molecular flexibility index (Phi) is 3.58. The second-order valence-electron chi connectivity index (χ2n) is 3.61. The number of hydrogen-bond donors (Lipinski definition) is 0. The lowest BCUT2D eigenvalue weighted by molar-refractivity contribution is 0.507. The molecule has 0 spiro atoms. The molecule has 0 saturated carbocycles. The average Bonchev–Trinajstić information content (AvgIpc) is 2.69. The van der Waals surface area contributed by atoms with E-state index < -0.39 is 0 Å². The highest BCUT2D eigenvalue weighted by atomic mass is 127. The molecule has 0 amide bonds. The minimum absolute atomic E-state index is 0.184. The molecule has 16 heavy (non-hydrogen) atoms. The summed E-state index contributed by atoms with van der Waals surface area (Å²) in [7, 11) is 0. The number of halogens is 2. The Hall–Kier alpha value is -0.910. The van der Waals surface area contributed by atoms with Crippen LogP contribution in [0.5, 0.6) is 0 Å². The molecule has 4 heteroatoms. The molecular formula is C12H12FIN2. The van der Waals surface area contributed by atoms with E-state index in [1.54, 1.807) is 0 Å². The first-order valence-electron chi connectivity index (χ1n) is 5.16. The second kappa shape index (κ2) is 4.95. The van der Waals surface area contributed by atoms with Gasteiger partial charge in [0.15, 0.2) is 0 Å². The third kappa shape index (κ3) is 2.42. The summed E-state index contributed by atoms with van der Waals surface area (Å²) < 4.78 is 15.9. The Morgan fingerprint density at radius 3 is 2.56 bits per heavy atom. The van der Waals surface area contributed by atoms with Gasteiger partial charge in [-0.2, -0.15) is 5.10 Å². The minimum atomic E-state index is -0.200. The normalized spacial score (nSPS) is 12.7. The van der Waals surface area contributed by atoms with E-state index in [-0.39, 0.29) is 11.9 Å². The Balaban J connectivity index is 2.32. The molecule has 2 rings (SSSR count). The first-order valence-corrected chi connectivity index (χ1v) is 6.23. The predicted molar refractivity (Wildman–Crippen MR) is 69.8 cm³/mol. The van der Waals surface area contributed by atoms with Gasteiger partial charge in [0.05, 0.1) is 15.8 Å². The van der Waals surface area contributed by atoms with Crippen molar-refractivity contribution in [2.45, 2.75) is 19.4 Å². The zero-order valence-electron chi connectivity index (χ0n) is 8.90. The van der Waals surface area contributed by atoms with Crippen LogP contribution in [0.15, 0.2) is 36.7 Å². The van der Waals surface area contributed by atoms with Crippen LogP contribution in [0.25, 0.3) is 0 Å². The fourth-order valence-corrected chi connectivity index (χ4v) is 2.16. The topological polar surface area (TPSA) is 17.8 Å². The quantitative estimate of drug-likeness (QED) is 0.786. The maximum Gasteiger partial charge on any atom is 0.123 e. The molecule has 0 N–H and O–H groups in total. The van der Waals surface area contributed by atoms with E-state index in [0.29, 0.717) is 0 Å². The van der Waals surface area contributed by atoms with Crippen LogP contribution in [-0.2, 0) is 0 Å². The van der Waals surface area contributed by atoms with Crippen molar-refractivity contribution in [3.63, 3.8) is 0 Å². The van der Waals surface area contributed by atoms with Crippen LogP contribution in [0.2, 0.25) is 0 Å². The maximum atomic E-state index is 12.8. The molecule has 2 aromatic rings. The molecule has 1 aromatic heterocycles. The van der Waals surface area contributed by atoms with E-state index in [4.69, 9.17) is 0 Å². The van der Waals surface area contributed by atoms with Crippen molar-refractivity contribution < 1.29 is 4.39 Å². The lowest BCUT2D eigenvalue weighted by Gasteiger charge is -2.15. The third-order valence-electron chi connectivity index (χ3n) is 2.53. The molecule has 0 aliphatic carbocycles. The highest BCUT2D eigenvalue weighted by Gasteiger charge is 2.12. The van der Waals surface area contributed by atoms with E-state index in [1.165, 1.54) is 12.1 Å². The van der Waals surface area contributed by atoms with Crippen LogP contribution in [-0.4, -0.2) is 9.78 Å². The molecule has 1 unspecified atom stereocenters. The average molecular weight is 330 g/mol. The van der Waals surface area contributed by atoms with Gasteiger partial charge in [0.25, 0.3) is 0 Å². The molecule has 0 aliphatic heterocycles. The van der Waals surface area contributed by atoms with Gasteiger partial charge in [-0.15, -0.1) is 0 Å². The van der Waals surface area contributed by atoms with Crippen LogP contribution in [0.1, 0.15) is 24.9 Å². The summed E-state index contributed by atoms with van der Waals surface area (Å²) in [6, 6.07) is 6.80. The van der Waals surface area contributed by atoms with Gasteiger partial charge < -0.3 is 0 Å². The Morgan fingerprint density at radius 2 is 2.06 bits per heavy atom. The lowest BCUT2D eigenvalue weighted by Crippen LogP contribution is -2.10. The molecule has 2 nitrogen and oxygen atoms in total. The van der Waals surface area contributed by atoms with Crippen molar-refractivity contribution in [3.05, 3.63) is 51.6 Å². The summed E-state index contributed by atoms with van der Waals surface area (Å²) in [4.78, 5) is 0. The van der Waals surface area contributed by atoms with Gasteiger partial charge in [-0.3, -0.25) is 4.68 Å². The summed E-state index contributed by atoms with van der Waals surface area (Å²) >= 11 is 2.23. The first kappa shape index (κ1) is 11.6. The second-order valence-corrected chi connectivity index (χ2v) is 4.86. The number of aromatic nitrogens is 2. The summed E-state index contributed by atoms with van der Waals surface area (Å²) in [6.45, 7) is 2.10. The number of benzene rings is 1. The molecule has 1 aromatic carbocycles. The lowest BCUT2D eigenvalue weighted by atomic mass is 10.1. The highest BCUT2D eigenvalue weighted by Crippen LogP contribution is 2.22. The molecule has 1 heterocycles. The van der Waals surface area contributed by atoms with E-state index in [2.05, 4.69) is 34.6 Å². The molecule has 1 atom stereocenters. The largest absolute Gasteiger partial charge is 0.264 e. The van der Waals surface area contributed by atoms with Gasteiger partial charge in [0, 0.05) is 6.20 Å². The van der Waals surface area contributed by atoms with Crippen molar-refractivity contribution >= 4 is 22.6 Å². The summed E-state index contributed by atoms with van der Waals surface area (Å²) in [5.74, 6) is -0.200. The van der Waals surface area contributed by atoms with Crippen LogP contribution in [0.3, 0.4) is 0 Å². The van der Waals surface area contributed by atoms with E-state index in [1.807, 2.05) is 29.2 Å². The Bertz CT molecular complexity index is 464. The molecule has 84 valence electrons. The van der Waals surface area contributed by atoms with Gasteiger partial charge in [-0.1, -0.05) is 19.1 Å². The van der Waals surface area contributed by atoms with Crippen molar-refractivity contribution in [1.29, 1.82) is 0 Å². The third-order valence-corrected chi connectivity index (χ3v) is 3.09. The summed E-state index contributed by atoms with van der Waals surface area (Å²) in [6.07, 6.45) is 4.76. The van der Waals surface area contributed by atoms with Crippen molar-refractivity contribution in [2.75, 3.05) is 0 Å². The molecule has 0 aliphatic rings. The fraction of sp³-hybridized carbons (Fsp3) is 0.250.